The van der Waals surface area contributed by atoms with Gasteiger partial charge in [-0.15, -0.1) is 7.92 Å². The molecule has 0 radical (unpaired) electrons. The van der Waals surface area contributed by atoms with Gasteiger partial charge in [0, 0.05) is 49.7 Å². The van der Waals surface area contributed by atoms with Crippen LogP contribution in [0.5, 0.6) is 0 Å². The predicted molar refractivity (Wildman–Crippen MR) is 173 cm³/mol. The summed E-state index contributed by atoms with van der Waals surface area (Å²) in [5.41, 5.74) is 1.70. The topological polar surface area (TPSA) is 54.6 Å². The zero-order chi connectivity index (χ0) is 28.7. The van der Waals surface area contributed by atoms with Crippen molar-refractivity contribution in [2.75, 3.05) is 33.0 Å². The second kappa shape index (κ2) is 13.0. The number of fused-ring (bicyclic) bond motifs is 1. The van der Waals surface area contributed by atoms with E-state index in [2.05, 4.69) is 85.9 Å². The van der Waals surface area contributed by atoms with Crippen molar-refractivity contribution in [2.24, 2.45) is 16.7 Å². The molecule has 0 amide bonds. The Hall–Kier alpha value is 0.190. The number of nitrogens with zero attached hydrogens (tertiary/aromatic N) is 2. The Morgan fingerprint density at radius 2 is 1.73 bits per heavy atom. The first-order valence-electron chi connectivity index (χ1n) is 17.4. The molecule has 0 bridgehead atoms. The third-order valence-electron chi connectivity index (χ3n) is 13.1. The van der Waals surface area contributed by atoms with E-state index in [1.54, 1.807) is 0 Å². The summed E-state index contributed by atoms with van der Waals surface area (Å²) in [5, 5.41) is 15.9. The van der Waals surface area contributed by atoms with Gasteiger partial charge >= 0.3 is 0 Å². The van der Waals surface area contributed by atoms with E-state index < -0.39 is 0 Å². The van der Waals surface area contributed by atoms with Crippen LogP contribution in [0.3, 0.4) is 0 Å². The van der Waals surface area contributed by atoms with Gasteiger partial charge in [0.2, 0.25) is 0 Å². The average Bonchev–Trinajstić information content (AvgIpc) is 3.66. The van der Waals surface area contributed by atoms with Crippen LogP contribution >= 0.6 is 7.92 Å². The Morgan fingerprint density at radius 1 is 0.975 bits per heavy atom. The molecule has 40 heavy (non-hydrogen) atoms. The highest BCUT2D eigenvalue weighted by Gasteiger charge is 2.57. The van der Waals surface area contributed by atoms with Crippen LogP contribution in [0.1, 0.15) is 112 Å². The fraction of sp³-hybridized carbons (Fsp3) is 1.00. The maximum Gasteiger partial charge on any atom is 0.114 e. The van der Waals surface area contributed by atoms with Crippen molar-refractivity contribution in [3.63, 3.8) is 0 Å². The lowest BCUT2D eigenvalue weighted by atomic mass is 9.59. The fourth-order valence-electron chi connectivity index (χ4n) is 10.3. The number of hydrogen-bond donors (Lipinski definition) is 4. The number of hydrogen-bond acceptors (Lipinski definition) is 6. The molecule has 232 valence electrons. The minimum absolute atomic E-state index is 0.0853. The molecule has 4 saturated heterocycles. The molecule has 5 fully saturated rings. The van der Waals surface area contributed by atoms with Crippen molar-refractivity contribution < 1.29 is 0 Å². The Bertz CT molecular complexity index is 813. The van der Waals surface area contributed by atoms with Gasteiger partial charge in [-0.25, -0.2) is 0 Å². The highest BCUT2D eigenvalue weighted by atomic mass is 31.1. The normalized spacial score (nSPS) is 44.5. The van der Waals surface area contributed by atoms with E-state index >= 15 is 0 Å². The average molecular weight is 577 g/mol. The lowest BCUT2D eigenvalue weighted by Crippen LogP contribution is -2.70. The van der Waals surface area contributed by atoms with Crippen molar-refractivity contribution in [3.05, 3.63) is 0 Å². The summed E-state index contributed by atoms with van der Waals surface area (Å²) in [5.74, 6) is 0.733. The molecule has 7 heteroatoms. The van der Waals surface area contributed by atoms with Crippen LogP contribution in [0.2, 0.25) is 0 Å². The van der Waals surface area contributed by atoms with Crippen LogP contribution in [0.4, 0.5) is 0 Å². The molecule has 4 heterocycles. The molecule has 1 saturated carbocycles. The molecule has 1 aliphatic carbocycles. The monoisotopic (exact) mass is 577 g/mol. The summed E-state index contributed by atoms with van der Waals surface area (Å²) in [6.45, 7) is 23.5. The summed E-state index contributed by atoms with van der Waals surface area (Å²) < 4.78 is 0. The molecule has 4 aliphatic heterocycles. The first kappa shape index (κ1) is 31.6. The molecule has 4 N–H and O–H groups in total. The largest absolute Gasteiger partial charge is 0.300 e. The van der Waals surface area contributed by atoms with Crippen LogP contribution in [0.25, 0.3) is 0 Å². The SMILES string of the molecule is CCC[C@]1(CC)C(C)N(C2CCC(NC3NCC4CC(C(C)P(C)C)N(C5CCCC5)C4N3)NC2)C[C@@]1(C)CC. The van der Waals surface area contributed by atoms with Crippen molar-refractivity contribution in [1.29, 1.82) is 0 Å². The summed E-state index contributed by atoms with van der Waals surface area (Å²) in [4.78, 5) is 5.91. The Labute approximate surface area is 249 Å². The molecule has 8 unspecified atom stereocenters. The van der Waals surface area contributed by atoms with E-state index in [9.17, 15) is 0 Å². The molecule has 0 aromatic heterocycles. The van der Waals surface area contributed by atoms with E-state index in [0.29, 0.717) is 35.2 Å². The van der Waals surface area contributed by atoms with Gasteiger partial charge in [-0.1, -0.05) is 53.9 Å². The predicted octanol–water partition coefficient (Wildman–Crippen LogP) is 5.54. The molecule has 0 spiro atoms. The van der Waals surface area contributed by atoms with Gasteiger partial charge in [-0.3, -0.25) is 25.8 Å². The summed E-state index contributed by atoms with van der Waals surface area (Å²) in [6.07, 6.45) is 15.9. The smallest absolute Gasteiger partial charge is 0.114 e. The van der Waals surface area contributed by atoms with Gasteiger partial charge < -0.3 is 5.32 Å². The quantitative estimate of drug-likeness (QED) is 0.257. The fourth-order valence-corrected chi connectivity index (χ4v) is 11.2. The number of nitrogens with one attached hydrogen (secondary N) is 4. The zero-order valence-corrected chi connectivity index (χ0v) is 28.3. The maximum atomic E-state index is 4.10. The lowest BCUT2D eigenvalue weighted by molar-refractivity contribution is 0.0449. The molecular weight excluding hydrogens is 511 g/mol. The van der Waals surface area contributed by atoms with Crippen molar-refractivity contribution in [3.8, 4) is 0 Å². The minimum Gasteiger partial charge on any atom is -0.300 e. The number of rotatable bonds is 10. The first-order valence-corrected chi connectivity index (χ1v) is 19.7. The Balaban J connectivity index is 1.18. The first-order chi connectivity index (χ1) is 19.2. The second-order valence-electron chi connectivity index (χ2n) is 15.0. The van der Waals surface area contributed by atoms with Crippen LogP contribution < -0.4 is 21.3 Å². The molecule has 10 atom stereocenters. The molecule has 0 aromatic rings. The number of piperidine rings is 1. The third-order valence-corrected chi connectivity index (χ3v) is 15.1. The van der Waals surface area contributed by atoms with E-state index in [0.717, 1.165) is 36.8 Å². The van der Waals surface area contributed by atoms with Crippen LogP contribution in [0, 0.1) is 16.7 Å². The summed E-state index contributed by atoms with van der Waals surface area (Å²) in [7, 11) is 0.0853. The van der Waals surface area contributed by atoms with E-state index in [4.69, 9.17) is 0 Å². The number of likely N-dealkylation sites (tertiary alicyclic amines) is 2. The van der Waals surface area contributed by atoms with Crippen molar-refractivity contribution >= 4 is 7.92 Å². The molecule has 5 aliphatic rings. The van der Waals surface area contributed by atoms with Crippen LogP contribution in [0.15, 0.2) is 0 Å². The molecular formula is C33H65N6P. The van der Waals surface area contributed by atoms with Crippen molar-refractivity contribution in [1.82, 2.24) is 31.1 Å². The van der Waals surface area contributed by atoms with Crippen LogP contribution in [-0.2, 0) is 0 Å². The Morgan fingerprint density at radius 3 is 2.33 bits per heavy atom. The summed E-state index contributed by atoms with van der Waals surface area (Å²) in [6, 6.07) is 2.87. The van der Waals surface area contributed by atoms with Gasteiger partial charge in [0.1, 0.15) is 6.29 Å². The highest BCUT2D eigenvalue weighted by molar-refractivity contribution is 7.56. The lowest BCUT2D eigenvalue weighted by Gasteiger charge is -2.46. The van der Waals surface area contributed by atoms with Gasteiger partial charge in [-0.05, 0) is 88.1 Å². The zero-order valence-electron chi connectivity index (χ0n) is 27.4. The molecule has 6 nitrogen and oxygen atoms in total. The van der Waals surface area contributed by atoms with Gasteiger partial charge in [-0.2, -0.15) is 0 Å². The van der Waals surface area contributed by atoms with Gasteiger partial charge in [0.15, 0.2) is 0 Å². The maximum absolute atomic E-state index is 4.10. The van der Waals surface area contributed by atoms with E-state index in [1.165, 1.54) is 77.2 Å². The standard InChI is InChI=1S/C33H65N6P/c1-9-18-33(11-3)24(5)38(22-32(33,6)10-2)27-16-17-29(34-21-27)36-31-35-20-25-19-28(23(4)40(7)8)39(30(25)37-31)26-14-12-13-15-26/h23-31,34-37H,9-22H2,1-8H3/t23?,24?,25?,27?,28?,29?,30?,31?,32-,33-/m1/s1. The van der Waals surface area contributed by atoms with Gasteiger partial charge in [0.25, 0.3) is 0 Å². The second-order valence-corrected chi connectivity index (χ2v) is 17.7. The highest BCUT2D eigenvalue weighted by Crippen LogP contribution is 2.58. The third kappa shape index (κ3) is 5.71. The summed E-state index contributed by atoms with van der Waals surface area (Å²) >= 11 is 0. The molecule has 0 aromatic carbocycles. The van der Waals surface area contributed by atoms with E-state index in [1.807, 2.05) is 0 Å². The Kier molecular flexibility index (Phi) is 10.3. The van der Waals surface area contributed by atoms with Gasteiger partial charge in [0.05, 0.1) is 12.3 Å². The van der Waals surface area contributed by atoms with E-state index in [-0.39, 0.29) is 14.2 Å². The van der Waals surface area contributed by atoms with Crippen molar-refractivity contribution in [2.45, 2.75) is 161 Å². The minimum atomic E-state index is 0.0853. The molecule has 5 rings (SSSR count). The van der Waals surface area contributed by atoms with Crippen LogP contribution in [-0.4, -0.2) is 91.2 Å².